The van der Waals surface area contributed by atoms with E-state index in [1.165, 1.54) is 38.8 Å². The molecule has 4 heterocycles. The minimum Gasteiger partial charge on any atom is -0.356 e. The maximum atomic E-state index is 4.83. The van der Waals surface area contributed by atoms with Gasteiger partial charge in [0, 0.05) is 32.6 Å². The summed E-state index contributed by atoms with van der Waals surface area (Å²) >= 11 is 0. The average Bonchev–Trinajstić information content (AvgIpc) is 3.25. The molecule has 0 atom stereocenters. The van der Waals surface area contributed by atoms with Crippen molar-refractivity contribution in [1.82, 2.24) is 24.6 Å². The number of aryl methyl sites for hydroxylation is 2. The quantitative estimate of drug-likeness (QED) is 0.867. The van der Waals surface area contributed by atoms with E-state index in [2.05, 4.69) is 26.8 Å². The highest BCUT2D eigenvalue weighted by Crippen LogP contribution is 2.28. The van der Waals surface area contributed by atoms with Gasteiger partial charge in [-0.3, -0.25) is 4.68 Å². The van der Waals surface area contributed by atoms with Gasteiger partial charge in [0.05, 0.1) is 11.6 Å². The molecule has 2 aliphatic heterocycles. The Hall–Kier alpha value is -1.69. The van der Waals surface area contributed by atoms with Crippen molar-refractivity contribution in [2.75, 3.05) is 31.1 Å². The van der Waals surface area contributed by atoms with Crippen molar-refractivity contribution in [2.45, 2.75) is 45.1 Å². The van der Waals surface area contributed by atoms with Gasteiger partial charge in [0.1, 0.15) is 11.6 Å². The molecule has 2 saturated heterocycles. The summed E-state index contributed by atoms with van der Waals surface area (Å²) in [6.07, 6.45) is 8.01. The van der Waals surface area contributed by atoms with Gasteiger partial charge < -0.3 is 9.80 Å². The van der Waals surface area contributed by atoms with Gasteiger partial charge in [0.15, 0.2) is 5.65 Å². The van der Waals surface area contributed by atoms with Crippen LogP contribution in [0.1, 0.15) is 38.4 Å². The molecule has 2 fully saturated rings. The molecule has 23 heavy (non-hydrogen) atoms. The Morgan fingerprint density at radius 2 is 1.83 bits per heavy atom. The SMILES string of the molecule is CCc1nc(N2CCC(N3CCCC3)CC2)c2cnn(C)c2n1. The molecule has 2 aromatic rings. The Morgan fingerprint density at radius 3 is 2.52 bits per heavy atom. The van der Waals surface area contributed by atoms with Gasteiger partial charge >= 0.3 is 0 Å². The molecule has 0 amide bonds. The van der Waals surface area contributed by atoms with Gasteiger partial charge in [-0.15, -0.1) is 0 Å². The van der Waals surface area contributed by atoms with Gasteiger partial charge in [-0.2, -0.15) is 5.10 Å². The third-order valence-electron chi connectivity index (χ3n) is 5.36. The Kier molecular flexibility index (Phi) is 3.93. The fourth-order valence-electron chi connectivity index (χ4n) is 4.00. The summed E-state index contributed by atoms with van der Waals surface area (Å²) in [6.45, 7) is 6.88. The average molecular weight is 314 g/mol. The number of anilines is 1. The number of aromatic nitrogens is 4. The maximum absolute atomic E-state index is 4.83. The molecule has 2 aliphatic rings. The number of rotatable bonds is 3. The van der Waals surface area contributed by atoms with Gasteiger partial charge in [0.25, 0.3) is 0 Å². The molecular weight excluding hydrogens is 288 g/mol. The summed E-state index contributed by atoms with van der Waals surface area (Å²) in [5, 5.41) is 5.47. The molecule has 0 N–H and O–H groups in total. The smallest absolute Gasteiger partial charge is 0.163 e. The van der Waals surface area contributed by atoms with Gasteiger partial charge in [-0.25, -0.2) is 9.97 Å². The van der Waals surface area contributed by atoms with E-state index in [-0.39, 0.29) is 0 Å². The lowest BCUT2D eigenvalue weighted by Crippen LogP contribution is -2.44. The van der Waals surface area contributed by atoms with E-state index >= 15 is 0 Å². The van der Waals surface area contributed by atoms with Crippen molar-refractivity contribution in [3.05, 3.63) is 12.0 Å². The minimum absolute atomic E-state index is 0.769. The summed E-state index contributed by atoms with van der Waals surface area (Å²) in [5.74, 6) is 2.00. The first-order valence-electron chi connectivity index (χ1n) is 8.94. The van der Waals surface area contributed by atoms with Crippen molar-refractivity contribution in [3.8, 4) is 0 Å². The van der Waals surface area contributed by atoms with E-state index in [1.807, 2.05) is 17.9 Å². The summed E-state index contributed by atoms with van der Waals surface area (Å²) < 4.78 is 1.86. The number of piperidine rings is 1. The topological polar surface area (TPSA) is 50.1 Å². The third kappa shape index (κ3) is 2.69. The molecule has 4 rings (SSSR count). The lowest BCUT2D eigenvalue weighted by Gasteiger charge is -2.37. The van der Waals surface area contributed by atoms with Crippen LogP contribution in [0, 0.1) is 0 Å². The van der Waals surface area contributed by atoms with E-state index in [1.54, 1.807) is 0 Å². The minimum atomic E-state index is 0.769. The van der Waals surface area contributed by atoms with Crippen LogP contribution < -0.4 is 4.90 Å². The predicted octanol–water partition coefficient (Wildman–Crippen LogP) is 1.99. The summed E-state index contributed by atoms with van der Waals surface area (Å²) in [7, 11) is 1.96. The zero-order valence-corrected chi connectivity index (χ0v) is 14.2. The van der Waals surface area contributed by atoms with Crippen LogP contribution in [0.2, 0.25) is 0 Å². The standard InChI is InChI=1S/C17H26N6/c1-3-15-19-16-14(12-18-21(16)2)17(20-15)23-10-6-13(7-11-23)22-8-4-5-9-22/h12-13H,3-11H2,1-2H3. The summed E-state index contributed by atoms with van der Waals surface area (Å²) in [5.41, 5.74) is 0.952. The number of hydrogen-bond donors (Lipinski definition) is 0. The van der Waals surface area contributed by atoms with Crippen LogP contribution in [0.25, 0.3) is 11.0 Å². The normalized spacial score (nSPS) is 20.7. The Morgan fingerprint density at radius 1 is 1.09 bits per heavy atom. The highest BCUT2D eigenvalue weighted by atomic mass is 15.3. The van der Waals surface area contributed by atoms with Crippen molar-refractivity contribution >= 4 is 16.9 Å². The fourth-order valence-corrected chi connectivity index (χ4v) is 4.00. The van der Waals surface area contributed by atoms with Crippen LogP contribution >= 0.6 is 0 Å². The Bertz CT molecular complexity index is 680. The second-order valence-corrected chi connectivity index (χ2v) is 6.78. The predicted molar refractivity (Wildman–Crippen MR) is 91.7 cm³/mol. The van der Waals surface area contributed by atoms with E-state index < -0.39 is 0 Å². The van der Waals surface area contributed by atoms with Crippen molar-refractivity contribution in [1.29, 1.82) is 0 Å². The van der Waals surface area contributed by atoms with E-state index in [0.717, 1.165) is 48.2 Å². The molecule has 6 nitrogen and oxygen atoms in total. The Balaban J connectivity index is 1.57. The van der Waals surface area contributed by atoms with Gasteiger partial charge in [-0.05, 0) is 38.8 Å². The van der Waals surface area contributed by atoms with E-state index in [4.69, 9.17) is 4.98 Å². The Labute approximate surface area is 137 Å². The van der Waals surface area contributed by atoms with Crippen LogP contribution in [-0.4, -0.2) is 56.9 Å². The molecule has 0 unspecified atom stereocenters. The van der Waals surface area contributed by atoms with Crippen molar-refractivity contribution < 1.29 is 0 Å². The first-order chi connectivity index (χ1) is 11.3. The van der Waals surface area contributed by atoms with Crippen LogP contribution in [0.3, 0.4) is 0 Å². The maximum Gasteiger partial charge on any atom is 0.163 e. The number of likely N-dealkylation sites (tertiary alicyclic amines) is 1. The highest BCUT2D eigenvalue weighted by Gasteiger charge is 2.28. The molecule has 0 saturated carbocycles. The summed E-state index contributed by atoms with van der Waals surface area (Å²) in [6, 6.07) is 0.769. The second kappa shape index (κ2) is 6.07. The van der Waals surface area contributed by atoms with Crippen LogP contribution in [0.5, 0.6) is 0 Å². The largest absolute Gasteiger partial charge is 0.356 e. The van der Waals surface area contributed by atoms with Crippen LogP contribution in [0.15, 0.2) is 6.20 Å². The van der Waals surface area contributed by atoms with Crippen molar-refractivity contribution in [2.24, 2.45) is 7.05 Å². The summed E-state index contributed by atoms with van der Waals surface area (Å²) in [4.78, 5) is 14.6. The zero-order valence-electron chi connectivity index (χ0n) is 14.2. The molecule has 0 bridgehead atoms. The van der Waals surface area contributed by atoms with Crippen LogP contribution in [-0.2, 0) is 13.5 Å². The molecule has 2 aromatic heterocycles. The fraction of sp³-hybridized carbons (Fsp3) is 0.706. The highest BCUT2D eigenvalue weighted by molar-refractivity contribution is 5.87. The number of hydrogen-bond acceptors (Lipinski definition) is 5. The van der Waals surface area contributed by atoms with Crippen molar-refractivity contribution in [3.63, 3.8) is 0 Å². The van der Waals surface area contributed by atoms with Crippen LogP contribution in [0.4, 0.5) is 5.82 Å². The molecule has 6 heteroatoms. The molecule has 0 aliphatic carbocycles. The van der Waals surface area contributed by atoms with Gasteiger partial charge in [0.2, 0.25) is 0 Å². The van der Waals surface area contributed by atoms with Gasteiger partial charge in [-0.1, -0.05) is 6.92 Å². The van der Waals surface area contributed by atoms with E-state index in [0.29, 0.717) is 0 Å². The molecule has 0 aromatic carbocycles. The lowest BCUT2D eigenvalue weighted by molar-refractivity contribution is 0.207. The first kappa shape index (κ1) is 14.9. The first-order valence-corrected chi connectivity index (χ1v) is 8.94. The zero-order chi connectivity index (χ0) is 15.8. The molecule has 0 spiro atoms. The molecule has 124 valence electrons. The van der Waals surface area contributed by atoms with E-state index in [9.17, 15) is 0 Å². The monoisotopic (exact) mass is 314 g/mol. The number of fused-ring (bicyclic) bond motifs is 1. The lowest BCUT2D eigenvalue weighted by atomic mass is 10.0. The number of nitrogens with zero attached hydrogens (tertiary/aromatic N) is 6. The second-order valence-electron chi connectivity index (χ2n) is 6.78. The molecular formula is C17H26N6. The molecule has 0 radical (unpaired) electrons. The third-order valence-corrected chi connectivity index (χ3v) is 5.36.